The Morgan fingerprint density at radius 2 is 2.05 bits per heavy atom. The van der Waals surface area contributed by atoms with Crippen LogP contribution < -0.4 is 5.73 Å². The Balaban J connectivity index is 2.14. The maximum atomic E-state index is 12.6. The summed E-state index contributed by atoms with van der Waals surface area (Å²) in [6.07, 6.45) is 4.69. The van der Waals surface area contributed by atoms with Crippen molar-refractivity contribution in [2.45, 2.75) is 4.90 Å². The number of rotatable bonds is 3. The minimum atomic E-state index is -3.07. The average Bonchev–Trinajstić information content (AvgIpc) is 2.78. The van der Waals surface area contributed by atoms with E-state index in [1.54, 1.807) is 42.6 Å². The van der Waals surface area contributed by atoms with Crippen LogP contribution in [0.1, 0.15) is 21.5 Å². The van der Waals surface area contributed by atoms with Gasteiger partial charge in [0.15, 0.2) is 5.78 Å². The van der Waals surface area contributed by atoms with E-state index in [9.17, 15) is 13.9 Å². The van der Waals surface area contributed by atoms with Crippen LogP contribution in [0.15, 0.2) is 52.5 Å². The largest absolute Gasteiger partial charge is 0.325 e. The fraction of sp³-hybridized carbons (Fsp3) is 0.0667. The number of pyridine rings is 1. The molecule has 0 fully saturated rings. The predicted molar refractivity (Wildman–Crippen MR) is 82.3 cm³/mol. The highest BCUT2D eigenvalue weighted by molar-refractivity contribution is 8.28. The molecular weight excluding hydrogens is 288 g/mol. The summed E-state index contributed by atoms with van der Waals surface area (Å²) in [5, 5.41) is 0. The minimum Gasteiger partial charge on any atom is -0.325 e. The molecule has 0 saturated heterocycles. The van der Waals surface area contributed by atoms with Crippen molar-refractivity contribution in [3.63, 3.8) is 0 Å². The van der Waals surface area contributed by atoms with Gasteiger partial charge in [0.25, 0.3) is 0 Å². The first kappa shape index (κ1) is 14.0. The molecule has 5 nitrogen and oxygen atoms in total. The molecule has 3 rings (SSSR count). The molecule has 0 spiro atoms. The highest BCUT2D eigenvalue weighted by atomic mass is 32.3. The van der Waals surface area contributed by atoms with E-state index in [1.165, 1.54) is 6.20 Å². The molecule has 6 heteroatoms. The summed E-state index contributed by atoms with van der Waals surface area (Å²) in [6, 6.07) is 8.29. The van der Waals surface area contributed by atoms with Gasteiger partial charge in [0.1, 0.15) is 0 Å². The monoisotopic (exact) mass is 302 g/mol. The smallest absolute Gasteiger partial charge is 0.195 e. The van der Waals surface area contributed by atoms with E-state index < -0.39 is 10.6 Å². The third kappa shape index (κ3) is 2.18. The van der Waals surface area contributed by atoms with Crippen LogP contribution in [0.5, 0.6) is 0 Å². The molecule has 108 valence electrons. The molecule has 2 aromatic rings. The summed E-state index contributed by atoms with van der Waals surface area (Å²) in [4.78, 5) is 17.2. The van der Waals surface area contributed by atoms with Gasteiger partial charge in [-0.25, -0.2) is 0 Å². The van der Waals surface area contributed by atoms with Gasteiger partial charge in [-0.3, -0.25) is 18.9 Å². The Morgan fingerprint density at radius 1 is 1.24 bits per heavy atom. The maximum Gasteiger partial charge on any atom is 0.195 e. The summed E-state index contributed by atoms with van der Waals surface area (Å²) >= 11 is 0. The molecule has 0 saturated carbocycles. The maximum absolute atomic E-state index is 12.6. The normalized spacial score (nSPS) is 17.0. The number of hydrogen-bond acceptors (Lipinski definition) is 5. The van der Waals surface area contributed by atoms with Gasteiger partial charge >= 0.3 is 0 Å². The number of nitrogens with zero attached hydrogens (tertiary/aromatic N) is 1. The van der Waals surface area contributed by atoms with E-state index >= 15 is 0 Å². The van der Waals surface area contributed by atoms with Crippen molar-refractivity contribution in [3.05, 3.63) is 64.3 Å². The molecule has 4 N–H and O–H groups in total. The van der Waals surface area contributed by atoms with Crippen molar-refractivity contribution >= 4 is 22.4 Å². The molecule has 0 amide bonds. The van der Waals surface area contributed by atoms with Crippen LogP contribution >= 0.6 is 10.6 Å². The van der Waals surface area contributed by atoms with Gasteiger partial charge in [-0.1, -0.05) is 12.1 Å². The highest BCUT2D eigenvalue weighted by Crippen LogP contribution is 2.61. The first-order chi connectivity index (χ1) is 10.1. The van der Waals surface area contributed by atoms with Gasteiger partial charge in [0, 0.05) is 35.6 Å². The van der Waals surface area contributed by atoms with Crippen molar-refractivity contribution in [3.8, 4) is 0 Å². The van der Waals surface area contributed by atoms with Gasteiger partial charge < -0.3 is 5.73 Å². The van der Waals surface area contributed by atoms with Crippen LogP contribution in [0.25, 0.3) is 6.08 Å². The Labute approximate surface area is 123 Å². The molecule has 0 aliphatic carbocycles. The molecule has 0 atom stereocenters. The highest BCUT2D eigenvalue weighted by Gasteiger charge is 2.32. The van der Waals surface area contributed by atoms with Crippen molar-refractivity contribution in [1.82, 2.24) is 4.98 Å². The van der Waals surface area contributed by atoms with Crippen LogP contribution in [0, 0.1) is 0 Å². The Kier molecular flexibility index (Phi) is 3.38. The Hall–Kier alpha value is -1.99. The fourth-order valence-corrected chi connectivity index (χ4v) is 3.89. The zero-order valence-corrected chi connectivity index (χ0v) is 11.9. The molecule has 2 heterocycles. The lowest BCUT2D eigenvalue weighted by Gasteiger charge is -2.30. The number of aromatic nitrogens is 1. The van der Waals surface area contributed by atoms with Gasteiger partial charge in [-0.15, -0.1) is 10.6 Å². The number of carbonyl (C=O) groups is 1. The second-order valence-corrected chi connectivity index (χ2v) is 6.71. The lowest BCUT2D eigenvalue weighted by molar-refractivity contribution is 0.103. The van der Waals surface area contributed by atoms with E-state index in [0.717, 1.165) is 0 Å². The van der Waals surface area contributed by atoms with Gasteiger partial charge in [-0.2, -0.15) is 0 Å². The number of fused-ring (bicyclic) bond motifs is 1. The third-order valence-corrected chi connectivity index (χ3v) is 5.40. The van der Waals surface area contributed by atoms with Gasteiger partial charge in [0.05, 0.1) is 9.80 Å². The topological polar surface area (TPSA) is 96.4 Å². The SMILES string of the molecule is NCC1=Cc2c(C(=O)c3cccnc3)cccc2S1(O)O. The van der Waals surface area contributed by atoms with Crippen LogP contribution in [-0.4, -0.2) is 26.4 Å². The van der Waals surface area contributed by atoms with Crippen LogP contribution in [0.4, 0.5) is 0 Å². The van der Waals surface area contributed by atoms with Gasteiger partial charge in [-0.05, 0) is 24.3 Å². The molecule has 1 aromatic heterocycles. The summed E-state index contributed by atoms with van der Waals surface area (Å²) in [5.74, 6) is -0.204. The number of benzene rings is 1. The minimum absolute atomic E-state index is 0.0392. The van der Waals surface area contributed by atoms with Crippen LogP contribution in [-0.2, 0) is 0 Å². The number of nitrogens with two attached hydrogens (primary N) is 1. The van der Waals surface area contributed by atoms with E-state index in [-0.39, 0.29) is 12.3 Å². The van der Waals surface area contributed by atoms with Crippen LogP contribution in [0.2, 0.25) is 0 Å². The molecule has 1 aromatic carbocycles. The zero-order chi connectivity index (χ0) is 15.0. The lowest BCUT2D eigenvalue weighted by Crippen LogP contribution is -2.08. The van der Waals surface area contributed by atoms with E-state index in [4.69, 9.17) is 5.73 Å². The Bertz CT molecular complexity index is 742. The first-order valence-electron chi connectivity index (χ1n) is 6.32. The lowest BCUT2D eigenvalue weighted by atomic mass is 9.99. The van der Waals surface area contributed by atoms with E-state index in [2.05, 4.69) is 4.98 Å². The Morgan fingerprint density at radius 3 is 2.71 bits per heavy atom. The van der Waals surface area contributed by atoms with Crippen molar-refractivity contribution in [2.24, 2.45) is 5.73 Å². The second kappa shape index (κ2) is 5.09. The standard InChI is InChI=1S/C15H14N2O3S/c16-8-11-7-13-12(4-1-5-14(13)21(11,19)20)15(18)10-3-2-6-17-9-10/h1-7,9,19-20H,8,16H2. The molecule has 1 aliphatic rings. The first-order valence-corrected chi connectivity index (χ1v) is 7.87. The molecule has 1 aliphatic heterocycles. The van der Waals surface area contributed by atoms with Crippen molar-refractivity contribution in [1.29, 1.82) is 0 Å². The van der Waals surface area contributed by atoms with Crippen LogP contribution in [0.3, 0.4) is 0 Å². The second-order valence-electron chi connectivity index (χ2n) is 4.65. The van der Waals surface area contributed by atoms with Gasteiger partial charge in [0.2, 0.25) is 0 Å². The van der Waals surface area contributed by atoms with Crippen molar-refractivity contribution < 1.29 is 13.9 Å². The summed E-state index contributed by atoms with van der Waals surface area (Å²) in [6.45, 7) is 0.0392. The van der Waals surface area contributed by atoms with Crippen molar-refractivity contribution in [2.75, 3.05) is 6.54 Å². The molecular formula is C15H14N2O3S. The molecule has 0 bridgehead atoms. The number of ketones is 1. The summed E-state index contributed by atoms with van der Waals surface area (Å²) < 4.78 is 20.5. The van der Waals surface area contributed by atoms with E-state index in [0.29, 0.717) is 26.5 Å². The quantitative estimate of drug-likeness (QED) is 0.758. The molecule has 21 heavy (non-hydrogen) atoms. The third-order valence-electron chi connectivity index (χ3n) is 3.41. The number of carbonyl (C=O) groups excluding carboxylic acids is 1. The zero-order valence-electron chi connectivity index (χ0n) is 11.1. The summed E-state index contributed by atoms with van der Waals surface area (Å²) in [5.41, 5.74) is 6.97. The summed E-state index contributed by atoms with van der Waals surface area (Å²) in [7, 11) is -3.07. The molecule has 0 unspecified atom stereocenters. The fourth-order valence-electron chi connectivity index (χ4n) is 2.35. The predicted octanol–water partition coefficient (Wildman–Crippen LogP) is 2.74. The van der Waals surface area contributed by atoms with E-state index in [1.807, 2.05) is 0 Å². The average molecular weight is 302 g/mol. The molecule has 0 radical (unpaired) electrons. The number of hydrogen-bond donors (Lipinski definition) is 3.